The zero-order chi connectivity index (χ0) is 45.2. The Morgan fingerprint density at radius 2 is 1.22 bits per heavy atom. The average molecular weight is 901 g/mol. The van der Waals surface area contributed by atoms with Gasteiger partial charge in [0.25, 0.3) is 0 Å². The maximum Gasteiger partial charge on any atom is 0.333 e. The van der Waals surface area contributed by atoms with E-state index in [9.17, 15) is 0 Å². The number of furan rings is 1. The Morgan fingerprint density at radius 3 is 2.00 bits per heavy atom. The first-order valence-electron chi connectivity index (χ1n) is 24.1. The van der Waals surface area contributed by atoms with Crippen LogP contribution in [-0.4, -0.2) is 11.4 Å². The lowest BCUT2D eigenvalue weighted by molar-refractivity contribution is 0.332. The molecule has 0 fully saturated rings. The van der Waals surface area contributed by atoms with Crippen LogP contribution in [0.25, 0.3) is 101 Å². The summed E-state index contributed by atoms with van der Waals surface area (Å²) in [5, 5.41) is 10.3. The Balaban J connectivity index is 1.11. The van der Waals surface area contributed by atoms with Crippen LogP contribution in [0, 0.1) is 6.92 Å². The van der Waals surface area contributed by atoms with Gasteiger partial charge in [-0.1, -0.05) is 109 Å². The molecule has 1 aliphatic carbocycles. The molecule has 0 N–H and O–H groups in total. The molecule has 3 nitrogen and oxygen atoms in total. The number of fused-ring (bicyclic) bond motifs is 18. The number of aromatic nitrogens is 1. The van der Waals surface area contributed by atoms with Crippen molar-refractivity contribution in [3.8, 4) is 16.8 Å². The van der Waals surface area contributed by atoms with Crippen LogP contribution in [-0.2, 0) is 16.2 Å². The summed E-state index contributed by atoms with van der Waals surface area (Å²) in [5.74, 6) is 0. The highest BCUT2D eigenvalue weighted by Crippen LogP contribution is 2.53. The minimum absolute atomic E-state index is 0.0364. The van der Waals surface area contributed by atoms with E-state index in [-0.39, 0.29) is 23.1 Å². The SMILES string of the molecule is Cc1cc2c3c4c1c1cc5c(cc1n4-c1cc4sc6ccccc6c4cc1B3N(c1ccc(C(C)(C)C)cc1)c1cc3sc4cc6c(cc4c3cc1-2)C(C)(C)CCC6(C)C)oc1ccccc15. The number of nitrogens with zero attached hydrogens (tertiary/aromatic N) is 2. The lowest BCUT2D eigenvalue weighted by atomic mass is 9.43. The molecule has 0 radical (unpaired) electrons. The molecule has 67 heavy (non-hydrogen) atoms. The molecule has 6 heteroatoms. The number of hydrogen-bond donors (Lipinski definition) is 0. The Morgan fingerprint density at radius 1 is 0.567 bits per heavy atom. The summed E-state index contributed by atoms with van der Waals surface area (Å²) in [6.45, 7) is 19.0. The zero-order valence-electron chi connectivity index (χ0n) is 39.2. The van der Waals surface area contributed by atoms with E-state index in [4.69, 9.17) is 4.42 Å². The van der Waals surface area contributed by atoms with Gasteiger partial charge < -0.3 is 13.8 Å². The van der Waals surface area contributed by atoms with E-state index in [2.05, 4.69) is 192 Å². The molecular weight excluding hydrogens is 852 g/mol. The number of thiophene rings is 2. The molecule has 0 saturated heterocycles. The van der Waals surface area contributed by atoms with E-state index < -0.39 is 0 Å². The number of aryl methyl sites for hydroxylation is 1. The van der Waals surface area contributed by atoms with Crippen molar-refractivity contribution in [2.24, 2.45) is 0 Å². The molecule has 6 heterocycles. The lowest BCUT2D eigenvalue weighted by Crippen LogP contribution is -2.60. The van der Waals surface area contributed by atoms with Crippen LogP contribution in [0.3, 0.4) is 0 Å². The third kappa shape index (κ3) is 5.03. The molecule has 8 aromatic carbocycles. The Hall–Kier alpha value is -6.34. The van der Waals surface area contributed by atoms with Gasteiger partial charge in [0.1, 0.15) is 11.2 Å². The smallest absolute Gasteiger partial charge is 0.333 e. The molecule has 0 amide bonds. The predicted octanol–water partition coefficient (Wildman–Crippen LogP) is 16.6. The van der Waals surface area contributed by atoms with Crippen LogP contribution < -0.4 is 15.7 Å². The first kappa shape index (κ1) is 38.7. The summed E-state index contributed by atoms with van der Waals surface area (Å²) in [6.07, 6.45) is 2.41. The van der Waals surface area contributed by atoms with Crippen molar-refractivity contribution >= 4 is 136 Å². The Bertz CT molecular complexity index is 4220. The Kier molecular flexibility index (Phi) is 7.28. The topological polar surface area (TPSA) is 21.3 Å². The van der Waals surface area contributed by atoms with Crippen LogP contribution in [0.1, 0.15) is 83.6 Å². The molecule has 15 rings (SSSR count). The molecular formula is C61H49BN2OS2. The van der Waals surface area contributed by atoms with Crippen LogP contribution in [0.4, 0.5) is 11.4 Å². The van der Waals surface area contributed by atoms with Gasteiger partial charge in [0.15, 0.2) is 0 Å². The summed E-state index contributed by atoms with van der Waals surface area (Å²) in [7, 11) is 0. The van der Waals surface area contributed by atoms with Crippen molar-refractivity contribution in [2.45, 2.75) is 84.5 Å². The highest BCUT2D eigenvalue weighted by molar-refractivity contribution is 7.26. The van der Waals surface area contributed by atoms with Gasteiger partial charge in [-0.3, -0.25) is 0 Å². The second-order valence-electron chi connectivity index (χ2n) is 22.4. The third-order valence-electron chi connectivity index (χ3n) is 16.5. The van der Waals surface area contributed by atoms with Crippen molar-refractivity contribution < 1.29 is 4.42 Å². The summed E-state index contributed by atoms with van der Waals surface area (Å²) in [6, 6.07) is 49.7. The fraction of sp³-hybridized carbons (Fsp3) is 0.213. The van der Waals surface area contributed by atoms with E-state index in [1.54, 1.807) is 0 Å². The summed E-state index contributed by atoms with van der Waals surface area (Å²) < 4.78 is 14.7. The van der Waals surface area contributed by atoms with Gasteiger partial charge in [-0.05, 0) is 135 Å². The molecule has 0 bridgehead atoms. The largest absolute Gasteiger partial charge is 0.456 e. The van der Waals surface area contributed by atoms with Gasteiger partial charge in [0.05, 0.1) is 11.0 Å². The number of rotatable bonds is 1. The van der Waals surface area contributed by atoms with Crippen molar-refractivity contribution in [1.82, 2.24) is 4.57 Å². The second kappa shape index (κ2) is 12.6. The summed E-state index contributed by atoms with van der Waals surface area (Å²) in [5.41, 5.74) is 19.5. The molecule has 2 aliphatic heterocycles. The average Bonchev–Trinajstić information content (AvgIpc) is 4.06. The second-order valence-corrected chi connectivity index (χ2v) is 24.5. The van der Waals surface area contributed by atoms with Crippen LogP contribution >= 0.6 is 22.7 Å². The molecule has 324 valence electrons. The van der Waals surface area contributed by atoms with Crippen molar-refractivity contribution in [3.05, 3.63) is 150 Å². The molecule has 3 aliphatic rings. The quantitative estimate of drug-likeness (QED) is 0.153. The van der Waals surface area contributed by atoms with E-state index in [0.717, 1.165) is 16.6 Å². The van der Waals surface area contributed by atoms with E-state index in [0.29, 0.717) is 0 Å². The monoisotopic (exact) mass is 900 g/mol. The maximum absolute atomic E-state index is 6.67. The minimum atomic E-state index is -0.0782. The molecule has 0 unspecified atom stereocenters. The molecule has 0 saturated carbocycles. The molecule has 0 spiro atoms. The molecule has 0 atom stereocenters. The Labute approximate surface area is 398 Å². The minimum Gasteiger partial charge on any atom is -0.456 e. The van der Waals surface area contributed by atoms with Crippen LogP contribution in [0.2, 0.25) is 0 Å². The fourth-order valence-electron chi connectivity index (χ4n) is 12.9. The summed E-state index contributed by atoms with van der Waals surface area (Å²) in [4.78, 5) is 2.72. The van der Waals surface area contributed by atoms with Gasteiger partial charge in [0.2, 0.25) is 0 Å². The van der Waals surface area contributed by atoms with E-state index in [1.165, 1.54) is 142 Å². The number of hydrogen-bond acceptors (Lipinski definition) is 4. The van der Waals surface area contributed by atoms with Gasteiger partial charge in [0, 0.05) is 90.6 Å². The van der Waals surface area contributed by atoms with Crippen molar-refractivity contribution in [2.75, 3.05) is 4.81 Å². The van der Waals surface area contributed by atoms with Gasteiger partial charge in [-0.2, -0.15) is 0 Å². The van der Waals surface area contributed by atoms with Gasteiger partial charge >= 0.3 is 6.85 Å². The highest BCUT2D eigenvalue weighted by atomic mass is 32.1. The van der Waals surface area contributed by atoms with Crippen molar-refractivity contribution in [3.63, 3.8) is 0 Å². The number of benzene rings is 8. The first-order chi connectivity index (χ1) is 32.2. The lowest BCUT2D eigenvalue weighted by Gasteiger charge is -2.42. The third-order valence-corrected chi connectivity index (χ3v) is 18.7. The normalized spacial score (nSPS) is 16.1. The van der Waals surface area contributed by atoms with Crippen LogP contribution in [0.5, 0.6) is 0 Å². The van der Waals surface area contributed by atoms with Crippen LogP contribution in [0.15, 0.2) is 132 Å². The predicted molar refractivity (Wildman–Crippen MR) is 292 cm³/mol. The zero-order valence-corrected chi connectivity index (χ0v) is 40.9. The summed E-state index contributed by atoms with van der Waals surface area (Å²) >= 11 is 3.88. The van der Waals surface area contributed by atoms with E-state index in [1.807, 2.05) is 22.7 Å². The first-order valence-corrected chi connectivity index (χ1v) is 25.7. The highest BCUT2D eigenvalue weighted by Gasteiger charge is 2.45. The van der Waals surface area contributed by atoms with Crippen molar-refractivity contribution in [1.29, 1.82) is 0 Å². The molecule has 4 aromatic heterocycles. The van der Waals surface area contributed by atoms with Gasteiger partial charge in [-0.25, -0.2) is 0 Å². The van der Waals surface area contributed by atoms with E-state index >= 15 is 0 Å². The number of para-hydroxylation sites is 1. The van der Waals surface area contributed by atoms with Gasteiger partial charge in [-0.15, -0.1) is 22.7 Å². The molecule has 12 aromatic rings. The standard InChI is InChI=1S/C61H49BN2OS2/c1-32-23-42-37-24-39-40-26-44-45(61(7,8)22-21-60(44,5)6)28-53(40)67-54(39)30-48(37)64(34-19-17-33(18-20-34)59(2,3)4)62-46-27-41-36-14-10-12-16-52(36)66-55(41)31-49(46)63-47-29-51-38(35-13-9-11-15-50(35)65-51)25-43(47)56(32)58(63)57(42)62/h9-20,23-31H,21-22H2,1-8H3. The fourth-order valence-corrected chi connectivity index (χ4v) is 15.1. The number of anilines is 2. The maximum atomic E-state index is 6.67.